The highest BCUT2D eigenvalue weighted by Gasteiger charge is 2.24. The highest BCUT2D eigenvalue weighted by molar-refractivity contribution is 5.92. The van der Waals surface area contributed by atoms with Crippen LogP contribution in [0, 0.1) is 12.8 Å². The smallest absolute Gasteiger partial charge is 0.289 e. The molecular weight excluding hydrogens is 190 g/mol. The van der Waals surface area contributed by atoms with Crippen molar-refractivity contribution < 1.29 is 9.21 Å². The van der Waals surface area contributed by atoms with Crippen molar-refractivity contribution in [1.82, 2.24) is 4.90 Å². The molecule has 1 fully saturated rings. The van der Waals surface area contributed by atoms with Crippen LogP contribution in [0.4, 0.5) is 0 Å². The molecule has 1 aliphatic rings. The Balaban J connectivity index is 2.06. The minimum atomic E-state index is 0.0457. The number of hydrogen-bond donors (Lipinski definition) is 0. The number of carbonyl (C=O) groups excluding carboxylic acids is 1. The number of carbonyl (C=O) groups is 1. The van der Waals surface area contributed by atoms with Gasteiger partial charge >= 0.3 is 0 Å². The average molecular weight is 207 g/mol. The number of likely N-dealkylation sites (tertiary alicyclic amines) is 1. The molecule has 1 aliphatic heterocycles. The van der Waals surface area contributed by atoms with Gasteiger partial charge in [-0.2, -0.15) is 0 Å². The Morgan fingerprint density at radius 1 is 1.47 bits per heavy atom. The zero-order valence-corrected chi connectivity index (χ0v) is 9.32. The van der Waals surface area contributed by atoms with Crippen LogP contribution in [0.25, 0.3) is 0 Å². The summed E-state index contributed by atoms with van der Waals surface area (Å²) in [4.78, 5) is 13.9. The minimum Gasteiger partial charge on any atom is -0.459 e. The van der Waals surface area contributed by atoms with E-state index in [-0.39, 0.29) is 5.91 Å². The lowest BCUT2D eigenvalue weighted by molar-refractivity contribution is 0.0664. The van der Waals surface area contributed by atoms with Crippen molar-refractivity contribution in [2.24, 2.45) is 5.92 Å². The quantitative estimate of drug-likeness (QED) is 0.708. The first kappa shape index (κ1) is 10.3. The molecule has 0 aromatic carbocycles. The van der Waals surface area contributed by atoms with Crippen LogP contribution in [0.3, 0.4) is 0 Å². The first-order chi connectivity index (χ1) is 7.18. The molecule has 0 aliphatic carbocycles. The molecule has 15 heavy (non-hydrogen) atoms. The maximum atomic E-state index is 12.0. The maximum Gasteiger partial charge on any atom is 0.289 e. The molecule has 1 aromatic rings. The molecule has 0 unspecified atom stereocenters. The van der Waals surface area contributed by atoms with Gasteiger partial charge in [0.1, 0.15) is 0 Å². The van der Waals surface area contributed by atoms with Gasteiger partial charge in [0.25, 0.3) is 5.91 Å². The second-order valence-electron chi connectivity index (χ2n) is 4.41. The lowest BCUT2D eigenvalue weighted by Gasteiger charge is -2.29. The standard InChI is InChI=1S/C12H17NO2/c1-9-3-6-13(7-4-9)12(14)11-10(2)5-8-15-11/h5,8-9H,3-4,6-7H2,1-2H3. The predicted octanol–water partition coefficient (Wildman–Crippen LogP) is 2.46. The molecule has 3 heteroatoms. The van der Waals surface area contributed by atoms with E-state index in [9.17, 15) is 4.79 Å². The highest BCUT2D eigenvalue weighted by Crippen LogP contribution is 2.19. The molecule has 0 atom stereocenters. The number of amides is 1. The van der Waals surface area contributed by atoms with Crippen LogP contribution in [0.2, 0.25) is 0 Å². The second-order valence-corrected chi connectivity index (χ2v) is 4.41. The van der Waals surface area contributed by atoms with Gasteiger partial charge in [0.05, 0.1) is 6.26 Å². The van der Waals surface area contributed by atoms with Gasteiger partial charge in [-0.3, -0.25) is 4.79 Å². The van der Waals surface area contributed by atoms with Gasteiger partial charge in [-0.25, -0.2) is 0 Å². The van der Waals surface area contributed by atoms with Crippen LogP contribution < -0.4 is 0 Å². The van der Waals surface area contributed by atoms with E-state index in [1.54, 1.807) is 6.26 Å². The third kappa shape index (κ3) is 2.06. The Kier molecular flexibility index (Phi) is 2.80. The molecule has 1 saturated heterocycles. The van der Waals surface area contributed by atoms with E-state index >= 15 is 0 Å². The van der Waals surface area contributed by atoms with E-state index in [4.69, 9.17) is 4.42 Å². The summed E-state index contributed by atoms with van der Waals surface area (Å²) in [7, 11) is 0. The van der Waals surface area contributed by atoms with Gasteiger partial charge in [-0.1, -0.05) is 6.92 Å². The summed E-state index contributed by atoms with van der Waals surface area (Å²) in [6.45, 7) is 5.86. The minimum absolute atomic E-state index is 0.0457. The van der Waals surface area contributed by atoms with Crippen molar-refractivity contribution in [3.63, 3.8) is 0 Å². The van der Waals surface area contributed by atoms with Crippen LogP contribution >= 0.6 is 0 Å². The first-order valence-corrected chi connectivity index (χ1v) is 5.52. The number of piperidine rings is 1. The van der Waals surface area contributed by atoms with E-state index in [0.717, 1.165) is 37.4 Å². The molecule has 0 bridgehead atoms. The Morgan fingerprint density at radius 3 is 2.67 bits per heavy atom. The van der Waals surface area contributed by atoms with E-state index < -0.39 is 0 Å². The van der Waals surface area contributed by atoms with E-state index in [2.05, 4.69) is 6.92 Å². The molecule has 0 radical (unpaired) electrons. The monoisotopic (exact) mass is 207 g/mol. The summed E-state index contributed by atoms with van der Waals surface area (Å²) in [5.41, 5.74) is 0.929. The third-order valence-corrected chi connectivity index (χ3v) is 3.13. The Bertz CT molecular complexity index is 348. The molecule has 0 spiro atoms. The number of aryl methyl sites for hydroxylation is 1. The molecule has 2 rings (SSSR count). The van der Waals surface area contributed by atoms with Gasteiger partial charge in [-0.05, 0) is 31.7 Å². The summed E-state index contributed by atoms with van der Waals surface area (Å²) >= 11 is 0. The van der Waals surface area contributed by atoms with Gasteiger partial charge in [0.2, 0.25) is 0 Å². The maximum absolute atomic E-state index is 12.0. The zero-order valence-electron chi connectivity index (χ0n) is 9.32. The summed E-state index contributed by atoms with van der Waals surface area (Å²) < 4.78 is 5.21. The molecule has 3 nitrogen and oxygen atoms in total. The van der Waals surface area contributed by atoms with E-state index in [1.165, 1.54) is 0 Å². The predicted molar refractivity (Wildman–Crippen MR) is 57.7 cm³/mol. The molecule has 2 heterocycles. The summed E-state index contributed by atoms with van der Waals surface area (Å²) in [6.07, 6.45) is 3.78. The Morgan fingerprint density at radius 2 is 2.13 bits per heavy atom. The van der Waals surface area contributed by atoms with Gasteiger partial charge in [0, 0.05) is 18.7 Å². The number of hydrogen-bond acceptors (Lipinski definition) is 2. The fourth-order valence-corrected chi connectivity index (χ4v) is 1.95. The van der Waals surface area contributed by atoms with Crippen molar-refractivity contribution >= 4 is 5.91 Å². The Labute approximate surface area is 90.1 Å². The molecule has 82 valence electrons. The lowest BCUT2D eigenvalue weighted by Crippen LogP contribution is -2.37. The van der Waals surface area contributed by atoms with Crippen LogP contribution in [0.15, 0.2) is 16.7 Å². The molecular formula is C12H17NO2. The van der Waals surface area contributed by atoms with Crippen molar-refractivity contribution in [2.75, 3.05) is 13.1 Å². The summed E-state index contributed by atoms with van der Waals surface area (Å²) in [5.74, 6) is 1.29. The van der Waals surface area contributed by atoms with Crippen LogP contribution in [-0.4, -0.2) is 23.9 Å². The SMILES string of the molecule is Cc1ccoc1C(=O)N1CCC(C)CC1. The van der Waals surface area contributed by atoms with Crippen LogP contribution in [0.1, 0.15) is 35.9 Å². The van der Waals surface area contributed by atoms with Crippen LogP contribution in [0.5, 0.6) is 0 Å². The largest absolute Gasteiger partial charge is 0.459 e. The van der Waals surface area contributed by atoms with E-state index in [0.29, 0.717) is 5.76 Å². The molecule has 0 N–H and O–H groups in total. The fraction of sp³-hybridized carbons (Fsp3) is 0.583. The molecule has 1 aromatic heterocycles. The summed E-state index contributed by atoms with van der Waals surface area (Å²) in [6, 6.07) is 1.83. The van der Waals surface area contributed by atoms with Gasteiger partial charge < -0.3 is 9.32 Å². The van der Waals surface area contributed by atoms with Gasteiger partial charge in [-0.15, -0.1) is 0 Å². The van der Waals surface area contributed by atoms with E-state index in [1.807, 2.05) is 17.9 Å². The zero-order chi connectivity index (χ0) is 10.8. The normalized spacial score (nSPS) is 18.1. The number of furan rings is 1. The molecule has 0 saturated carbocycles. The second kappa shape index (κ2) is 4.09. The summed E-state index contributed by atoms with van der Waals surface area (Å²) in [5, 5.41) is 0. The van der Waals surface area contributed by atoms with Crippen LogP contribution in [-0.2, 0) is 0 Å². The third-order valence-electron chi connectivity index (χ3n) is 3.13. The lowest BCUT2D eigenvalue weighted by atomic mass is 9.99. The number of rotatable bonds is 1. The van der Waals surface area contributed by atoms with Crippen molar-refractivity contribution in [3.05, 3.63) is 23.7 Å². The van der Waals surface area contributed by atoms with Crippen molar-refractivity contribution in [1.29, 1.82) is 0 Å². The Hall–Kier alpha value is -1.25. The first-order valence-electron chi connectivity index (χ1n) is 5.52. The number of nitrogens with zero attached hydrogens (tertiary/aromatic N) is 1. The van der Waals surface area contributed by atoms with Gasteiger partial charge in [0.15, 0.2) is 5.76 Å². The van der Waals surface area contributed by atoms with Crippen molar-refractivity contribution in [2.45, 2.75) is 26.7 Å². The highest BCUT2D eigenvalue weighted by atomic mass is 16.3. The average Bonchev–Trinajstić information content (AvgIpc) is 2.65. The topological polar surface area (TPSA) is 33.5 Å². The fourth-order valence-electron chi connectivity index (χ4n) is 1.95. The van der Waals surface area contributed by atoms with Crippen molar-refractivity contribution in [3.8, 4) is 0 Å². The molecule has 1 amide bonds.